The van der Waals surface area contributed by atoms with E-state index in [1.165, 1.54) is 0 Å². The van der Waals surface area contributed by atoms with E-state index in [2.05, 4.69) is 21.2 Å². The minimum absolute atomic E-state index is 0.107. The summed E-state index contributed by atoms with van der Waals surface area (Å²) in [6, 6.07) is 6.63. The largest absolute Gasteiger partial charge is 0.478 e. The van der Waals surface area contributed by atoms with Crippen LogP contribution < -0.4 is 5.32 Å². The lowest BCUT2D eigenvalue weighted by molar-refractivity contribution is 0.0692. The molecule has 0 aliphatic heterocycles. The summed E-state index contributed by atoms with van der Waals surface area (Å²) < 4.78 is 27.7. The molecule has 7 heteroatoms. The minimum atomic E-state index is -1.46. The molecule has 0 bridgehead atoms. The lowest BCUT2D eigenvalue weighted by Gasteiger charge is -2.11. The SMILES string of the molecule is O=C(O)c1cc(NCc2cc(Br)ccc2Cl)c(F)cc1F. The zero-order valence-corrected chi connectivity index (χ0v) is 12.8. The number of carbonyl (C=O) groups is 1. The molecular weight excluding hydrogens is 368 g/mol. The molecule has 0 heterocycles. The average Bonchev–Trinajstić information content (AvgIpc) is 2.41. The maximum absolute atomic E-state index is 13.6. The molecule has 0 unspecified atom stereocenters. The van der Waals surface area contributed by atoms with Gasteiger partial charge in [-0.15, -0.1) is 0 Å². The van der Waals surface area contributed by atoms with Crippen molar-refractivity contribution in [2.45, 2.75) is 6.54 Å². The first kappa shape index (κ1) is 15.7. The van der Waals surface area contributed by atoms with Crippen LogP contribution in [0.4, 0.5) is 14.5 Å². The third-order valence-corrected chi connectivity index (χ3v) is 3.63. The third kappa shape index (κ3) is 3.71. The van der Waals surface area contributed by atoms with E-state index in [0.717, 1.165) is 10.5 Å². The maximum atomic E-state index is 13.6. The van der Waals surface area contributed by atoms with E-state index in [9.17, 15) is 13.6 Å². The zero-order chi connectivity index (χ0) is 15.6. The summed E-state index contributed by atoms with van der Waals surface area (Å²) in [5.41, 5.74) is -0.0178. The van der Waals surface area contributed by atoms with Crippen molar-refractivity contribution in [3.63, 3.8) is 0 Å². The van der Waals surface area contributed by atoms with Crippen LogP contribution in [-0.4, -0.2) is 11.1 Å². The lowest BCUT2D eigenvalue weighted by Crippen LogP contribution is -2.07. The Bertz CT molecular complexity index is 710. The van der Waals surface area contributed by atoms with Gasteiger partial charge in [-0.1, -0.05) is 27.5 Å². The zero-order valence-electron chi connectivity index (χ0n) is 10.5. The number of nitrogens with one attached hydrogen (secondary N) is 1. The molecule has 0 radical (unpaired) electrons. The standard InChI is InChI=1S/C14H9BrClF2NO2/c15-8-1-2-10(16)7(3-8)6-19-13-4-9(14(20)21)11(17)5-12(13)18/h1-5,19H,6H2,(H,20,21). The van der Waals surface area contributed by atoms with Crippen molar-refractivity contribution >= 4 is 39.2 Å². The van der Waals surface area contributed by atoms with Crippen LogP contribution in [0.2, 0.25) is 5.02 Å². The molecule has 0 aromatic heterocycles. The van der Waals surface area contributed by atoms with Crippen LogP contribution in [0.15, 0.2) is 34.8 Å². The first-order valence-electron chi connectivity index (χ1n) is 5.78. The van der Waals surface area contributed by atoms with Gasteiger partial charge in [0.1, 0.15) is 11.6 Å². The number of halogens is 4. The van der Waals surface area contributed by atoms with Crippen molar-refractivity contribution in [1.82, 2.24) is 0 Å². The van der Waals surface area contributed by atoms with Crippen LogP contribution in [0.5, 0.6) is 0 Å². The highest BCUT2D eigenvalue weighted by Gasteiger charge is 2.15. The molecule has 0 amide bonds. The van der Waals surface area contributed by atoms with Crippen LogP contribution in [0.25, 0.3) is 0 Å². The van der Waals surface area contributed by atoms with Gasteiger partial charge in [-0.25, -0.2) is 13.6 Å². The molecule has 2 aromatic rings. The fourth-order valence-electron chi connectivity index (χ4n) is 1.72. The van der Waals surface area contributed by atoms with E-state index in [4.69, 9.17) is 16.7 Å². The van der Waals surface area contributed by atoms with E-state index >= 15 is 0 Å². The molecule has 0 aliphatic carbocycles. The Kier molecular flexibility index (Phi) is 4.80. The highest BCUT2D eigenvalue weighted by molar-refractivity contribution is 9.10. The van der Waals surface area contributed by atoms with Gasteiger partial charge < -0.3 is 10.4 Å². The summed E-state index contributed by atoms with van der Waals surface area (Å²) in [5, 5.41) is 12.0. The first-order chi connectivity index (χ1) is 9.88. The minimum Gasteiger partial charge on any atom is -0.478 e. The molecule has 0 fully saturated rings. The number of hydrogen-bond acceptors (Lipinski definition) is 2. The Balaban J connectivity index is 2.25. The summed E-state index contributed by atoms with van der Waals surface area (Å²) in [4.78, 5) is 10.8. The van der Waals surface area contributed by atoms with Crippen LogP contribution in [0, 0.1) is 11.6 Å². The summed E-state index contributed by atoms with van der Waals surface area (Å²) in [5.74, 6) is -3.45. The van der Waals surface area contributed by atoms with Crippen LogP contribution in [-0.2, 0) is 6.54 Å². The second-order valence-corrected chi connectivity index (χ2v) is 5.53. The number of hydrogen-bond donors (Lipinski definition) is 2. The highest BCUT2D eigenvalue weighted by Crippen LogP contribution is 2.24. The normalized spacial score (nSPS) is 10.5. The summed E-state index contributed by atoms with van der Waals surface area (Å²) in [6.07, 6.45) is 0. The van der Waals surface area contributed by atoms with Gasteiger partial charge in [0.2, 0.25) is 0 Å². The number of carboxylic acids is 1. The van der Waals surface area contributed by atoms with Gasteiger partial charge in [-0.05, 0) is 29.8 Å². The fourth-order valence-corrected chi connectivity index (χ4v) is 2.31. The van der Waals surface area contributed by atoms with Crippen LogP contribution in [0.1, 0.15) is 15.9 Å². The van der Waals surface area contributed by atoms with Gasteiger partial charge >= 0.3 is 5.97 Å². The molecule has 2 aromatic carbocycles. The van der Waals surface area contributed by atoms with E-state index in [-0.39, 0.29) is 12.2 Å². The van der Waals surface area contributed by atoms with Crippen molar-refractivity contribution < 1.29 is 18.7 Å². The van der Waals surface area contributed by atoms with Crippen molar-refractivity contribution in [2.75, 3.05) is 5.32 Å². The predicted octanol–water partition coefficient (Wildman–Crippen LogP) is 4.69. The van der Waals surface area contributed by atoms with Crippen molar-refractivity contribution in [2.24, 2.45) is 0 Å². The smallest absolute Gasteiger partial charge is 0.338 e. The van der Waals surface area contributed by atoms with Gasteiger partial charge in [-0.2, -0.15) is 0 Å². The van der Waals surface area contributed by atoms with Gasteiger partial charge in [0.25, 0.3) is 0 Å². The van der Waals surface area contributed by atoms with E-state index in [1.807, 2.05) is 0 Å². The van der Waals surface area contributed by atoms with Gasteiger partial charge in [-0.3, -0.25) is 0 Å². The Morgan fingerprint density at radius 2 is 1.95 bits per heavy atom. The van der Waals surface area contributed by atoms with Gasteiger partial charge in [0, 0.05) is 22.1 Å². The molecule has 21 heavy (non-hydrogen) atoms. The summed E-state index contributed by atoms with van der Waals surface area (Å²) >= 11 is 9.29. The molecule has 110 valence electrons. The van der Waals surface area contributed by atoms with Crippen molar-refractivity contribution in [3.05, 3.63) is 62.6 Å². The Morgan fingerprint density at radius 3 is 2.62 bits per heavy atom. The number of anilines is 1. The second-order valence-electron chi connectivity index (χ2n) is 4.21. The predicted molar refractivity (Wildman–Crippen MR) is 79.8 cm³/mol. The van der Waals surface area contributed by atoms with Gasteiger partial charge in [0.05, 0.1) is 11.3 Å². The fraction of sp³-hybridized carbons (Fsp3) is 0.0714. The van der Waals surface area contributed by atoms with E-state index < -0.39 is 23.2 Å². The van der Waals surface area contributed by atoms with Crippen LogP contribution >= 0.6 is 27.5 Å². The van der Waals surface area contributed by atoms with Crippen molar-refractivity contribution in [3.8, 4) is 0 Å². The third-order valence-electron chi connectivity index (χ3n) is 2.76. The number of aromatic carboxylic acids is 1. The maximum Gasteiger partial charge on any atom is 0.338 e. The van der Waals surface area contributed by atoms with E-state index in [0.29, 0.717) is 16.7 Å². The highest BCUT2D eigenvalue weighted by atomic mass is 79.9. The molecule has 0 aliphatic rings. The first-order valence-corrected chi connectivity index (χ1v) is 6.95. The van der Waals surface area contributed by atoms with E-state index in [1.54, 1.807) is 18.2 Å². The molecule has 0 saturated heterocycles. The van der Waals surface area contributed by atoms with Crippen molar-refractivity contribution in [1.29, 1.82) is 0 Å². The Hall–Kier alpha value is -1.66. The quantitative estimate of drug-likeness (QED) is 0.814. The monoisotopic (exact) mass is 375 g/mol. The topological polar surface area (TPSA) is 49.3 Å². The Labute approximate surface area is 132 Å². The second kappa shape index (κ2) is 6.41. The lowest BCUT2D eigenvalue weighted by atomic mass is 10.1. The van der Waals surface area contributed by atoms with Crippen LogP contribution in [0.3, 0.4) is 0 Å². The average molecular weight is 377 g/mol. The molecule has 0 saturated carbocycles. The molecule has 0 spiro atoms. The molecule has 0 atom stereocenters. The summed E-state index contributed by atoms with van der Waals surface area (Å²) in [7, 11) is 0. The Morgan fingerprint density at radius 1 is 1.24 bits per heavy atom. The molecule has 2 N–H and O–H groups in total. The number of carboxylic acid groups (broad SMARTS) is 1. The molecule has 3 nitrogen and oxygen atoms in total. The van der Waals surface area contributed by atoms with Gasteiger partial charge in [0.15, 0.2) is 0 Å². The molecular formula is C14H9BrClF2NO2. The molecule has 2 rings (SSSR count). The summed E-state index contributed by atoms with van der Waals surface area (Å²) in [6.45, 7) is 0.167. The number of rotatable bonds is 4. The number of benzene rings is 2.